The predicted octanol–water partition coefficient (Wildman–Crippen LogP) is 0.150. The summed E-state index contributed by atoms with van der Waals surface area (Å²) in [5.41, 5.74) is 0. The Morgan fingerprint density at radius 2 is 2.00 bits per heavy atom. The first kappa shape index (κ1) is 8.91. The highest BCUT2D eigenvalue weighted by molar-refractivity contribution is 6.30. The van der Waals surface area contributed by atoms with Crippen LogP contribution in [0, 0.1) is 0 Å². The smallest absolute Gasteiger partial charge is 0.315 e. The monoisotopic (exact) mass is 152 g/mol. The van der Waals surface area contributed by atoms with Gasteiger partial charge >= 0.3 is 5.97 Å². The Bertz CT molecular complexity index is 114. The number of allylic oxidation sites excluding steroid dienone is 1. The van der Waals surface area contributed by atoms with Gasteiger partial charge in [-0.1, -0.05) is 24.6 Å². The molecule has 0 aliphatic carbocycles. The quantitative estimate of drug-likeness (QED) is 0.494. The van der Waals surface area contributed by atoms with Crippen molar-refractivity contribution in [1.82, 2.24) is 0 Å². The minimum atomic E-state index is -2.86. The second-order valence-corrected chi connectivity index (χ2v) is 2.00. The highest BCUT2D eigenvalue weighted by Crippen LogP contribution is 2.14. The number of halogens is 1. The molecule has 0 fully saturated rings. The van der Waals surface area contributed by atoms with E-state index in [9.17, 15) is 0 Å². The lowest BCUT2D eigenvalue weighted by atomic mass is 10.4. The molecule has 0 spiro atoms. The summed E-state index contributed by atoms with van der Waals surface area (Å²) in [6.07, 6.45) is 1.85. The van der Waals surface area contributed by atoms with Crippen LogP contribution in [0.5, 0.6) is 0 Å². The molecule has 9 heavy (non-hydrogen) atoms. The van der Waals surface area contributed by atoms with E-state index in [1.807, 2.05) is 0 Å². The molecule has 0 heterocycles. The van der Waals surface area contributed by atoms with Crippen molar-refractivity contribution in [2.24, 2.45) is 0 Å². The lowest BCUT2D eigenvalue weighted by Crippen LogP contribution is -2.27. The number of hydrogen-bond acceptors (Lipinski definition) is 3. The number of rotatable bonds is 2. The molecule has 0 saturated carbocycles. The average Bonchev–Trinajstić information content (AvgIpc) is 1.64. The Labute approximate surface area is 58.2 Å². The van der Waals surface area contributed by atoms with Crippen molar-refractivity contribution in [2.75, 3.05) is 0 Å². The molecule has 54 valence electrons. The third kappa shape index (κ3) is 3.48. The molecule has 0 aliphatic heterocycles. The Balaban J connectivity index is 4.03. The molecular weight excluding hydrogens is 144 g/mol. The highest BCUT2D eigenvalue weighted by Gasteiger charge is 2.22. The molecule has 3 nitrogen and oxygen atoms in total. The number of aliphatic hydroxyl groups is 3. The van der Waals surface area contributed by atoms with Crippen molar-refractivity contribution in [1.29, 1.82) is 0 Å². The van der Waals surface area contributed by atoms with Gasteiger partial charge < -0.3 is 15.3 Å². The first-order valence-electron chi connectivity index (χ1n) is 2.51. The van der Waals surface area contributed by atoms with Crippen LogP contribution in [0.25, 0.3) is 0 Å². The summed E-state index contributed by atoms with van der Waals surface area (Å²) >= 11 is 5.17. The molecule has 0 atom stereocenters. The van der Waals surface area contributed by atoms with Gasteiger partial charge in [0.25, 0.3) is 0 Å². The molecule has 0 aromatic rings. The molecule has 0 radical (unpaired) electrons. The van der Waals surface area contributed by atoms with Crippen LogP contribution in [0.1, 0.15) is 13.3 Å². The van der Waals surface area contributed by atoms with Crippen LogP contribution in [0.2, 0.25) is 0 Å². The van der Waals surface area contributed by atoms with E-state index in [0.717, 1.165) is 0 Å². The summed E-state index contributed by atoms with van der Waals surface area (Å²) < 4.78 is 0. The van der Waals surface area contributed by atoms with Crippen molar-refractivity contribution in [3.8, 4) is 0 Å². The maximum atomic E-state index is 8.33. The van der Waals surface area contributed by atoms with E-state index < -0.39 is 5.97 Å². The molecule has 0 saturated heterocycles. The SMILES string of the molecule is CC/C=C(\Cl)C(O)(O)O. The second-order valence-electron chi connectivity index (χ2n) is 1.60. The first-order valence-corrected chi connectivity index (χ1v) is 2.89. The van der Waals surface area contributed by atoms with Crippen molar-refractivity contribution in [3.63, 3.8) is 0 Å². The van der Waals surface area contributed by atoms with E-state index in [-0.39, 0.29) is 5.03 Å². The molecule has 0 unspecified atom stereocenters. The molecular formula is C5H9ClO3. The maximum Gasteiger partial charge on any atom is 0.315 e. The predicted molar refractivity (Wildman–Crippen MR) is 33.6 cm³/mol. The molecule has 4 heteroatoms. The van der Waals surface area contributed by atoms with Crippen LogP contribution in [0.4, 0.5) is 0 Å². The fourth-order valence-electron chi connectivity index (χ4n) is 0.316. The molecule has 0 aromatic heterocycles. The maximum absolute atomic E-state index is 8.33. The van der Waals surface area contributed by atoms with Gasteiger partial charge in [0.05, 0.1) is 0 Å². The number of hydrogen-bond donors (Lipinski definition) is 3. The van der Waals surface area contributed by atoms with Gasteiger partial charge in [0.2, 0.25) is 0 Å². The third-order valence-electron chi connectivity index (χ3n) is 0.704. The Morgan fingerprint density at radius 3 is 2.11 bits per heavy atom. The van der Waals surface area contributed by atoms with Crippen LogP contribution in [-0.4, -0.2) is 21.3 Å². The van der Waals surface area contributed by atoms with Crippen LogP contribution in [0.3, 0.4) is 0 Å². The van der Waals surface area contributed by atoms with Gasteiger partial charge in [-0.2, -0.15) is 0 Å². The van der Waals surface area contributed by atoms with Crippen molar-refractivity contribution < 1.29 is 15.3 Å². The fraction of sp³-hybridized carbons (Fsp3) is 0.600. The summed E-state index contributed by atoms with van der Waals surface area (Å²) in [6.45, 7) is 1.76. The summed E-state index contributed by atoms with van der Waals surface area (Å²) in [5, 5.41) is 24.6. The second kappa shape index (κ2) is 3.17. The summed E-state index contributed by atoms with van der Waals surface area (Å²) in [7, 11) is 0. The van der Waals surface area contributed by atoms with E-state index in [4.69, 9.17) is 26.9 Å². The van der Waals surface area contributed by atoms with E-state index in [0.29, 0.717) is 6.42 Å². The largest absolute Gasteiger partial charge is 0.339 e. The van der Waals surface area contributed by atoms with E-state index in [1.54, 1.807) is 6.92 Å². The topological polar surface area (TPSA) is 60.7 Å². The highest BCUT2D eigenvalue weighted by atomic mass is 35.5. The van der Waals surface area contributed by atoms with Gasteiger partial charge in [-0.3, -0.25) is 0 Å². The Kier molecular flexibility index (Phi) is 3.14. The molecule has 0 aliphatic rings. The third-order valence-corrected chi connectivity index (χ3v) is 1.11. The summed E-state index contributed by atoms with van der Waals surface area (Å²) in [6, 6.07) is 0. The Hall–Kier alpha value is -0.0900. The fourth-order valence-corrected chi connectivity index (χ4v) is 0.470. The van der Waals surface area contributed by atoms with Gasteiger partial charge in [0.1, 0.15) is 5.03 Å². The van der Waals surface area contributed by atoms with Gasteiger partial charge in [-0.25, -0.2) is 0 Å². The Morgan fingerprint density at radius 1 is 1.56 bits per heavy atom. The van der Waals surface area contributed by atoms with Crippen LogP contribution >= 0.6 is 11.6 Å². The van der Waals surface area contributed by atoms with Gasteiger partial charge in [-0.15, -0.1) is 0 Å². The summed E-state index contributed by atoms with van der Waals surface area (Å²) in [5.74, 6) is -2.86. The van der Waals surface area contributed by atoms with Crippen molar-refractivity contribution in [3.05, 3.63) is 11.1 Å². The standard InChI is InChI=1S/C5H9ClO3/c1-2-3-4(6)5(7,8)9/h3,7-9H,2H2,1H3/b4-3-. The molecule has 0 rings (SSSR count). The van der Waals surface area contributed by atoms with Crippen LogP contribution in [-0.2, 0) is 0 Å². The van der Waals surface area contributed by atoms with Gasteiger partial charge in [0.15, 0.2) is 0 Å². The zero-order chi connectivity index (χ0) is 7.49. The van der Waals surface area contributed by atoms with E-state index in [1.165, 1.54) is 6.08 Å². The van der Waals surface area contributed by atoms with Crippen molar-refractivity contribution >= 4 is 11.6 Å². The van der Waals surface area contributed by atoms with Gasteiger partial charge in [-0.05, 0) is 6.42 Å². The lowest BCUT2D eigenvalue weighted by molar-refractivity contribution is -0.277. The zero-order valence-electron chi connectivity index (χ0n) is 5.00. The minimum absolute atomic E-state index is 0.370. The van der Waals surface area contributed by atoms with Crippen LogP contribution < -0.4 is 0 Å². The average molecular weight is 153 g/mol. The van der Waals surface area contributed by atoms with Crippen molar-refractivity contribution in [2.45, 2.75) is 19.3 Å². The first-order chi connectivity index (χ1) is 3.98. The van der Waals surface area contributed by atoms with Crippen LogP contribution in [0.15, 0.2) is 11.1 Å². The molecule has 0 bridgehead atoms. The minimum Gasteiger partial charge on any atom is -0.339 e. The van der Waals surface area contributed by atoms with E-state index >= 15 is 0 Å². The normalized spacial score (nSPS) is 14.1. The summed E-state index contributed by atoms with van der Waals surface area (Å²) in [4.78, 5) is 0. The molecule has 0 aromatic carbocycles. The zero-order valence-corrected chi connectivity index (χ0v) is 5.76. The lowest BCUT2D eigenvalue weighted by Gasteiger charge is -2.11. The van der Waals surface area contributed by atoms with E-state index in [2.05, 4.69) is 0 Å². The molecule has 0 amide bonds. The van der Waals surface area contributed by atoms with Gasteiger partial charge in [0, 0.05) is 0 Å². The molecule has 3 N–H and O–H groups in total.